The Hall–Kier alpha value is -2.02. The molecule has 0 bridgehead atoms. The van der Waals surface area contributed by atoms with E-state index in [4.69, 9.17) is 0 Å². The van der Waals surface area contributed by atoms with E-state index in [0.29, 0.717) is 19.5 Å². The summed E-state index contributed by atoms with van der Waals surface area (Å²) in [5.74, 6) is -1.71. The maximum absolute atomic E-state index is 12.8. The summed E-state index contributed by atoms with van der Waals surface area (Å²) in [7, 11) is 0. The number of carbonyl (C=O) groups excluding carboxylic acids is 2. The van der Waals surface area contributed by atoms with E-state index in [1.165, 1.54) is 4.90 Å². The molecule has 1 N–H and O–H groups in total. The number of aliphatic carboxylic acids is 1. The number of anilines is 1. The molecule has 2 aliphatic rings. The monoisotopic (exact) mass is 362 g/mol. The molecule has 1 aromatic rings. The fourth-order valence-electron chi connectivity index (χ4n) is 3.57. The molecule has 2 saturated heterocycles. The van der Waals surface area contributed by atoms with Crippen LogP contribution in [0.15, 0.2) is 29.2 Å². The van der Waals surface area contributed by atoms with Gasteiger partial charge in [-0.15, -0.1) is 11.8 Å². The Morgan fingerprint density at radius 2 is 1.92 bits per heavy atom. The summed E-state index contributed by atoms with van der Waals surface area (Å²) in [5, 5.41) is 9.36. The first-order chi connectivity index (χ1) is 12.0. The van der Waals surface area contributed by atoms with Crippen LogP contribution in [-0.4, -0.2) is 53.2 Å². The number of amides is 2. The summed E-state index contributed by atoms with van der Waals surface area (Å²) in [4.78, 5) is 40.8. The van der Waals surface area contributed by atoms with E-state index in [0.717, 1.165) is 23.4 Å². The van der Waals surface area contributed by atoms with E-state index in [-0.39, 0.29) is 18.2 Å². The molecule has 3 rings (SSSR count). The lowest BCUT2D eigenvalue weighted by molar-refractivity contribution is -0.153. The minimum Gasteiger partial charge on any atom is -0.480 e. The van der Waals surface area contributed by atoms with Crippen LogP contribution in [0, 0.1) is 5.92 Å². The van der Waals surface area contributed by atoms with Gasteiger partial charge < -0.3 is 14.9 Å². The number of thioether (sulfide) groups is 1. The summed E-state index contributed by atoms with van der Waals surface area (Å²) in [6.07, 6.45) is 4.25. The van der Waals surface area contributed by atoms with Crippen LogP contribution in [-0.2, 0) is 14.4 Å². The van der Waals surface area contributed by atoms with Crippen molar-refractivity contribution in [3.8, 4) is 0 Å². The Morgan fingerprint density at radius 1 is 1.20 bits per heavy atom. The normalized spacial score (nSPS) is 23.8. The van der Waals surface area contributed by atoms with E-state index in [1.54, 1.807) is 16.7 Å². The molecule has 2 amide bonds. The van der Waals surface area contributed by atoms with Gasteiger partial charge in [0, 0.05) is 30.1 Å². The van der Waals surface area contributed by atoms with Crippen LogP contribution < -0.4 is 4.90 Å². The van der Waals surface area contributed by atoms with Gasteiger partial charge in [0.05, 0.1) is 5.92 Å². The summed E-state index contributed by atoms with van der Waals surface area (Å²) in [5.41, 5.74) is 0.784. The summed E-state index contributed by atoms with van der Waals surface area (Å²) in [6.45, 7) is 0.780. The number of carboxylic acids is 1. The quantitative estimate of drug-likeness (QED) is 0.831. The van der Waals surface area contributed by atoms with Gasteiger partial charge in [-0.25, -0.2) is 4.79 Å². The van der Waals surface area contributed by atoms with Gasteiger partial charge in [0.1, 0.15) is 6.04 Å². The molecule has 0 spiro atoms. The maximum Gasteiger partial charge on any atom is 0.326 e. The van der Waals surface area contributed by atoms with Gasteiger partial charge in [-0.2, -0.15) is 0 Å². The van der Waals surface area contributed by atoms with Crippen molar-refractivity contribution >= 4 is 35.2 Å². The highest BCUT2D eigenvalue weighted by Crippen LogP contribution is 2.29. The van der Waals surface area contributed by atoms with Crippen LogP contribution in [0.25, 0.3) is 0 Å². The number of piperidine rings is 1. The fourth-order valence-corrected chi connectivity index (χ4v) is 3.98. The zero-order chi connectivity index (χ0) is 18.0. The van der Waals surface area contributed by atoms with Crippen LogP contribution in [0.3, 0.4) is 0 Å². The minimum atomic E-state index is -0.957. The standard InChI is InChI=1S/C18H22N2O4S/c1-25-14-7-5-13(6-8-14)20-11-12(10-16(20)21)17(22)19-9-3-2-4-15(19)18(23)24/h5-8,12,15H,2-4,9-11H2,1H3,(H,23,24). The van der Waals surface area contributed by atoms with E-state index < -0.39 is 17.9 Å². The van der Waals surface area contributed by atoms with Crippen LogP contribution in [0.2, 0.25) is 0 Å². The molecule has 134 valence electrons. The Bertz CT molecular complexity index is 676. The number of likely N-dealkylation sites (tertiary alicyclic amines) is 1. The molecule has 0 saturated carbocycles. The molecule has 2 heterocycles. The van der Waals surface area contributed by atoms with Gasteiger partial charge in [0.25, 0.3) is 0 Å². The first kappa shape index (κ1) is 17.8. The van der Waals surface area contributed by atoms with Crippen LogP contribution in [0.4, 0.5) is 5.69 Å². The Kier molecular flexibility index (Phi) is 5.32. The third-order valence-corrected chi connectivity index (χ3v) is 5.67. The van der Waals surface area contributed by atoms with Gasteiger partial charge >= 0.3 is 5.97 Å². The Morgan fingerprint density at radius 3 is 2.56 bits per heavy atom. The predicted octanol–water partition coefficient (Wildman–Crippen LogP) is 2.23. The number of carboxylic acid groups (broad SMARTS) is 1. The van der Waals surface area contributed by atoms with Gasteiger partial charge in [0.15, 0.2) is 0 Å². The van der Waals surface area contributed by atoms with E-state index in [9.17, 15) is 19.5 Å². The van der Waals surface area contributed by atoms with Gasteiger partial charge in [-0.3, -0.25) is 9.59 Å². The topological polar surface area (TPSA) is 77.9 Å². The first-order valence-corrected chi connectivity index (χ1v) is 9.71. The van der Waals surface area contributed by atoms with Crippen molar-refractivity contribution in [2.24, 2.45) is 5.92 Å². The van der Waals surface area contributed by atoms with Crippen LogP contribution >= 0.6 is 11.8 Å². The Labute approximate surface area is 151 Å². The highest BCUT2D eigenvalue weighted by molar-refractivity contribution is 7.98. The average molecular weight is 362 g/mol. The molecule has 2 fully saturated rings. The third-order valence-electron chi connectivity index (χ3n) is 4.93. The molecular weight excluding hydrogens is 340 g/mol. The van der Waals surface area contributed by atoms with Crippen molar-refractivity contribution in [3.63, 3.8) is 0 Å². The smallest absolute Gasteiger partial charge is 0.326 e. The lowest BCUT2D eigenvalue weighted by Crippen LogP contribution is -2.50. The van der Waals surface area contributed by atoms with Crippen LogP contribution in [0.1, 0.15) is 25.7 Å². The van der Waals surface area contributed by atoms with Gasteiger partial charge in [-0.05, 0) is 49.8 Å². The average Bonchev–Trinajstić information content (AvgIpc) is 3.03. The minimum absolute atomic E-state index is 0.0841. The molecule has 6 nitrogen and oxygen atoms in total. The van der Waals surface area contributed by atoms with Crippen molar-refractivity contribution in [2.75, 3.05) is 24.2 Å². The molecule has 2 atom stereocenters. The van der Waals surface area contributed by atoms with Crippen molar-refractivity contribution in [2.45, 2.75) is 36.6 Å². The SMILES string of the molecule is CSc1ccc(N2CC(C(=O)N3CCCCC3C(=O)O)CC2=O)cc1. The third kappa shape index (κ3) is 3.66. The van der Waals surface area contributed by atoms with E-state index in [2.05, 4.69) is 0 Å². The predicted molar refractivity (Wildman–Crippen MR) is 95.7 cm³/mol. The second kappa shape index (κ2) is 7.47. The lowest BCUT2D eigenvalue weighted by Gasteiger charge is -2.34. The largest absolute Gasteiger partial charge is 0.480 e. The molecule has 2 unspecified atom stereocenters. The summed E-state index contributed by atoms with van der Waals surface area (Å²) in [6, 6.07) is 6.92. The molecule has 25 heavy (non-hydrogen) atoms. The lowest BCUT2D eigenvalue weighted by atomic mass is 9.98. The molecule has 0 aromatic heterocycles. The maximum atomic E-state index is 12.8. The summed E-state index contributed by atoms with van der Waals surface area (Å²) < 4.78 is 0. The first-order valence-electron chi connectivity index (χ1n) is 8.49. The second-order valence-electron chi connectivity index (χ2n) is 6.48. The van der Waals surface area contributed by atoms with Crippen molar-refractivity contribution in [1.29, 1.82) is 0 Å². The van der Waals surface area contributed by atoms with Crippen molar-refractivity contribution < 1.29 is 19.5 Å². The number of hydrogen-bond acceptors (Lipinski definition) is 4. The molecule has 1 aromatic carbocycles. The number of hydrogen-bond donors (Lipinski definition) is 1. The van der Waals surface area contributed by atoms with Gasteiger partial charge in [0.2, 0.25) is 11.8 Å². The van der Waals surface area contributed by atoms with Crippen LogP contribution in [0.5, 0.6) is 0 Å². The highest BCUT2D eigenvalue weighted by Gasteiger charge is 2.41. The number of carbonyl (C=O) groups is 3. The number of benzene rings is 1. The number of rotatable bonds is 4. The van der Waals surface area contributed by atoms with E-state index >= 15 is 0 Å². The van der Waals surface area contributed by atoms with Crippen molar-refractivity contribution in [1.82, 2.24) is 4.90 Å². The Balaban J connectivity index is 1.72. The second-order valence-corrected chi connectivity index (χ2v) is 7.36. The van der Waals surface area contributed by atoms with E-state index in [1.807, 2.05) is 30.5 Å². The highest BCUT2D eigenvalue weighted by atomic mass is 32.2. The van der Waals surface area contributed by atoms with Crippen molar-refractivity contribution in [3.05, 3.63) is 24.3 Å². The summed E-state index contributed by atoms with van der Waals surface area (Å²) >= 11 is 1.63. The number of nitrogens with zero attached hydrogens (tertiary/aromatic N) is 2. The molecule has 7 heteroatoms. The molecular formula is C18H22N2O4S. The molecule has 0 radical (unpaired) electrons. The molecule has 0 aliphatic carbocycles. The molecule has 2 aliphatic heterocycles. The zero-order valence-electron chi connectivity index (χ0n) is 14.2. The fraction of sp³-hybridized carbons (Fsp3) is 0.500. The van der Waals surface area contributed by atoms with Gasteiger partial charge in [-0.1, -0.05) is 0 Å². The zero-order valence-corrected chi connectivity index (χ0v) is 15.0.